The Morgan fingerprint density at radius 3 is 2.32 bits per heavy atom. The number of nitrogens with one attached hydrogen (secondary N) is 3. The van der Waals surface area contributed by atoms with Crippen molar-refractivity contribution < 1.29 is 22.4 Å². The third-order valence-electron chi connectivity index (χ3n) is 4.48. The lowest BCUT2D eigenvalue weighted by Crippen LogP contribution is -2.34. The third-order valence-corrected chi connectivity index (χ3v) is 5.85. The second-order valence-electron chi connectivity index (χ2n) is 6.94. The van der Waals surface area contributed by atoms with E-state index in [0.717, 1.165) is 5.56 Å². The summed E-state index contributed by atoms with van der Waals surface area (Å²) in [6.07, 6.45) is 1.40. The van der Waals surface area contributed by atoms with Crippen molar-refractivity contribution >= 4 is 27.5 Å². The van der Waals surface area contributed by atoms with E-state index >= 15 is 0 Å². The van der Waals surface area contributed by atoms with Gasteiger partial charge in [-0.05, 0) is 61.4 Å². The van der Waals surface area contributed by atoms with Crippen molar-refractivity contribution in [3.05, 3.63) is 83.3 Å². The van der Waals surface area contributed by atoms with Crippen LogP contribution in [0.3, 0.4) is 0 Å². The summed E-state index contributed by atoms with van der Waals surface area (Å²) in [5.74, 6) is -0.635. The summed E-state index contributed by atoms with van der Waals surface area (Å²) in [5, 5.41) is 5.30. The molecule has 0 saturated heterocycles. The molecule has 3 aromatic rings. The van der Waals surface area contributed by atoms with Crippen LogP contribution >= 0.6 is 0 Å². The zero-order valence-corrected chi connectivity index (χ0v) is 18.0. The highest BCUT2D eigenvalue weighted by Gasteiger charge is 2.18. The molecule has 0 spiro atoms. The maximum atomic E-state index is 12.7. The number of carbonyl (C=O) groups excluding carboxylic acids is 2. The monoisotopic (exact) mass is 441 g/mol. The van der Waals surface area contributed by atoms with Crippen molar-refractivity contribution in [2.24, 2.45) is 0 Å². The third kappa shape index (κ3) is 5.73. The topological polar surface area (TPSA) is 118 Å². The van der Waals surface area contributed by atoms with Gasteiger partial charge in [0.15, 0.2) is 5.76 Å². The molecule has 0 aliphatic heterocycles. The number of furan rings is 1. The number of aryl methyl sites for hydroxylation is 2. The first-order chi connectivity index (χ1) is 14.8. The van der Waals surface area contributed by atoms with Crippen molar-refractivity contribution in [3.8, 4) is 0 Å². The molecular weight excluding hydrogens is 418 g/mol. The lowest BCUT2D eigenvalue weighted by atomic mass is 10.1. The number of carbonyl (C=O) groups is 2. The predicted molar refractivity (Wildman–Crippen MR) is 117 cm³/mol. The number of hydrogen-bond donors (Lipinski definition) is 3. The van der Waals surface area contributed by atoms with Crippen LogP contribution in [0.4, 0.5) is 5.69 Å². The molecule has 0 atom stereocenters. The zero-order valence-electron chi connectivity index (χ0n) is 17.1. The summed E-state index contributed by atoms with van der Waals surface area (Å²) >= 11 is 0. The Balaban J connectivity index is 1.64. The Hall–Kier alpha value is -3.59. The fraction of sp³-hybridized carbons (Fsp3) is 0.182. The maximum Gasteiger partial charge on any atom is 0.287 e. The van der Waals surface area contributed by atoms with Gasteiger partial charge in [0, 0.05) is 24.3 Å². The molecule has 1 heterocycles. The molecular formula is C22H23N3O5S. The van der Waals surface area contributed by atoms with Crippen LogP contribution < -0.4 is 15.4 Å². The molecule has 3 rings (SSSR count). The second kappa shape index (κ2) is 9.48. The number of benzene rings is 2. The number of rotatable bonds is 8. The molecule has 0 bridgehead atoms. The van der Waals surface area contributed by atoms with E-state index in [4.69, 9.17) is 4.42 Å². The SMILES string of the molecule is Cc1cccc(NS(=O)(=O)c2ccc(C)c(C(=O)NCCNC(=O)c3ccco3)c2)c1. The van der Waals surface area contributed by atoms with Gasteiger partial charge in [0.25, 0.3) is 21.8 Å². The van der Waals surface area contributed by atoms with E-state index in [-0.39, 0.29) is 35.2 Å². The number of anilines is 1. The van der Waals surface area contributed by atoms with Gasteiger partial charge < -0.3 is 15.1 Å². The molecule has 9 heteroatoms. The van der Waals surface area contributed by atoms with Crippen LogP contribution in [0.1, 0.15) is 32.0 Å². The second-order valence-corrected chi connectivity index (χ2v) is 8.62. The first-order valence-electron chi connectivity index (χ1n) is 9.56. The molecule has 2 aromatic carbocycles. The smallest absolute Gasteiger partial charge is 0.287 e. The Morgan fingerprint density at radius 2 is 1.65 bits per heavy atom. The van der Waals surface area contributed by atoms with Gasteiger partial charge in [-0.2, -0.15) is 0 Å². The molecule has 8 nitrogen and oxygen atoms in total. The molecule has 3 N–H and O–H groups in total. The quantitative estimate of drug-likeness (QED) is 0.465. The van der Waals surface area contributed by atoms with Crippen LogP contribution in [0.25, 0.3) is 0 Å². The summed E-state index contributed by atoms with van der Waals surface area (Å²) in [6, 6.07) is 14.5. The largest absolute Gasteiger partial charge is 0.459 e. The van der Waals surface area contributed by atoms with E-state index in [9.17, 15) is 18.0 Å². The number of hydrogen-bond acceptors (Lipinski definition) is 5. The maximum absolute atomic E-state index is 12.7. The Kier molecular flexibility index (Phi) is 6.76. The van der Waals surface area contributed by atoms with Crippen molar-refractivity contribution in [2.45, 2.75) is 18.7 Å². The van der Waals surface area contributed by atoms with Gasteiger partial charge in [-0.1, -0.05) is 18.2 Å². The van der Waals surface area contributed by atoms with Gasteiger partial charge in [0.05, 0.1) is 11.2 Å². The minimum absolute atomic E-state index is 0.0177. The van der Waals surface area contributed by atoms with E-state index in [1.54, 1.807) is 37.3 Å². The lowest BCUT2D eigenvalue weighted by molar-refractivity contribution is 0.0910. The van der Waals surface area contributed by atoms with Crippen LogP contribution in [-0.2, 0) is 10.0 Å². The summed E-state index contributed by atoms with van der Waals surface area (Å²) in [5.41, 5.74) is 2.23. The van der Waals surface area contributed by atoms with Crippen molar-refractivity contribution in [3.63, 3.8) is 0 Å². The van der Waals surface area contributed by atoms with Crippen molar-refractivity contribution in [1.82, 2.24) is 10.6 Å². The molecule has 162 valence electrons. The van der Waals surface area contributed by atoms with E-state index in [0.29, 0.717) is 11.3 Å². The van der Waals surface area contributed by atoms with Crippen LogP contribution in [0.5, 0.6) is 0 Å². The highest BCUT2D eigenvalue weighted by atomic mass is 32.2. The van der Waals surface area contributed by atoms with E-state index in [2.05, 4.69) is 15.4 Å². The van der Waals surface area contributed by atoms with Crippen LogP contribution in [0.2, 0.25) is 0 Å². The fourth-order valence-corrected chi connectivity index (χ4v) is 3.95. The van der Waals surface area contributed by atoms with Gasteiger partial charge in [-0.25, -0.2) is 8.42 Å². The molecule has 0 fully saturated rings. The molecule has 0 saturated carbocycles. The first-order valence-corrected chi connectivity index (χ1v) is 11.0. The van der Waals surface area contributed by atoms with Gasteiger partial charge in [-0.15, -0.1) is 0 Å². The van der Waals surface area contributed by atoms with Gasteiger partial charge in [-0.3, -0.25) is 14.3 Å². The number of sulfonamides is 1. The molecule has 0 aliphatic carbocycles. The van der Waals surface area contributed by atoms with Crippen LogP contribution in [-0.4, -0.2) is 33.3 Å². The van der Waals surface area contributed by atoms with Gasteiger partial charge >= 0.3 is 0 Å². The normalized spacial score (nSPS) is 11.0. The standard InChI is InChI=1S/C22H23N3O5S/c1-15-5-3-6-17(13-15)25-31(28,29)18-9-8-16(2)19(14-18)21(26)23-10-11-24-22(27)20-7-4-12-30-20/h3-9,12-14,25H,10-11H2,1-2H3,(H,23,26)(H,24,27). The Morgan fingerprint density at radius 1 is 0.903 bits per heavy atom. The molecule has 31 heavy (non-hydrogen) atoms. The van der Waals surface area contributed by atoms with E-state index in [1.165, 1.54) is 24.5 Å². The zero-order chi connectivity index (χ0) is 22.4. The molecule has 0 aliphatic rings. The Bertz CT molecular complexity index is 1190. The molecule has 1 aromatic heterocycles. The predicted octanol–water partition coefficient (Wildman–Crippen LogP) is 2.86. The van der Waals surface area contributed by atoms with Gasteiger partial charge in [0.2, 0.25) is 0 Å². The summed E-state index contributed by atoms with van der Waals surface area (Å²) in [6.45, 7) is 3.95. The Labute approximate surface area is 180 Å². The van der Waals surface area contributed by atoms with Crippen LogP contribution in [0, 0.1) is 13.8 Å². The minimum Gasteiger partial charge on any atom is -0.459 e. The fourth-order valence-electron chi connectivity index (χ4n) is 2.88. The van der Waals surface area contributed by atoms with E-state index < -0.39 is 15.9 Å². The molecule has 2 amide bonds. The molecule has 0 unspecified atom stereocenters. The van der Waals surface area contributed by atoms with Crippen molar-refractivity contribution in [2.75, 3.05) is 17.8 Å². The van der Waals surface area contributed by atoms with Crippen LogP contribution in [0.15, 0.2) is 70.2 Å². The van der Waals surface area contributed by atoms with Gasteiger partial charge in [0.1, 0.15) is 0 Å². The average molecular weight is 442 g/mol. The molecule has 0 radical (unpaired) electrons. The average Bonchev–Trinajstić information content (AvgIpc) is 3.26. The minimum atomic E-state index is -3.86. The highest BCUT2D eigenvalue weighted by Crippen LogP contribution is 2.20. The highest BCUT2D eigenvalue weighted by molar-refractivity contribution is 7.92. The first kappa shape index (κ1) is 22.1. The summed E-state index contributed by atoms with van der Waals surface area (Å²) in [4.78, 5) is 24.4. The van der Waals surface area contributed by atoms with E-state index in [1.807, 2.05) is 13.0 Å². The summed E-state index contributed by atoms with van der Waals surface area (Å²) in [7, 11) is -3.86. The number of amides is 2. The van der Waals surface area contributed by atoms with Crippen molar-refractivity contribution in [1.29, 1.82) is 0 Å². The summed E-state index contributed by atoms with van der Waals surface area (Å²) < 4.78 is 33.0. The lowest BCUT2D eigenvalue weighted by Gasteiger charge is -2.12.